The molecule has 0 saturated carbocycles. The lowest BCUT2D eigenvalue weighted by Gasteiger charge is -2.33. The molecule has 1 saturated heterocycles. The van der Waals surface area contributed by atoms with Crippen LogP contribution in [-0.2, 0) is 21.4 Å². The van der Waals surface area contributed by atoms with Crippen LogP contribution >= 0.6 is 0 Å². The van der Waals surface area contributed by atoms with E-state index in [1.165, 1.54) is 19.2 Å². The molecule has 1 N–H and O–H groups in total. The number of hydrogen-bond acceptors (Lipinski definition) is 5. The summed E-state index contributed by atoms with van der Waals surface area (Å²) in [6.45, 7) is 2.16. The van der Waals surface area contributed by atoms with Gasteiger partial charge in [-0.15, -0.1) is 0 Å². The molecule has 2 heterocycles. The number of ether oxygens (including phenoxy) is 1. The van der Waals surface area contributed by atoms with E-state index in [2.05, 4.69) is 9.82 Å². The lowest BCUT2D eigenvalue weighted by atomic mass is 9.98. The van der Waals surface area contributed by atoms with Crippen molar-refractivity contribution in [3.05, 3.63) is 42.7 Å². The van der Waals surface area contributed by atoms with Gasteiger partial charge < -0.3 is 9.64 Å². The Kier molecular flexibility index (Phi) is 6.69. The maximum absolute atomic E-state index is 12.5. The fourth-order valence-corrected chi connectivity index (χ4v) is 4.44. The Balaban J connectivity index is 1.50. The first-order valence-electron chi connectivity index (χ1n) is 9.37. The number of rotatable bonds is 8. The molecule has 1 fully saturated rings. The molecule has 8 nitrogen and oxygen atoms in total. The van der Waals surface area contributed by atoms with Gasteiger partial charge in [0.2, 0.25) is 15.9 Å². The van der Waals surface area contributed by atoms with E-state index < -0.39 is 10.0 Å². The minimum absolute atomic E-state index is 0.0817. The number of aromatic nitrogens is 2. The second kappa shape index (κ2) is 9.20. The molecule has 9 heteroatoms. The maximum Gasteiger partial charge on any atom is 0.240 e. The molecule has 152 valence electrons. The minimum atomic E-state index is -3.58. The Morgan fingerprint density at radius 1 is 1.32 bits per heavy atom. The molecule has 1 aromatic carbocycles. The summed E-state index contributed by atoms with van der Waals surface area (Å²) in [5.74, 6) is 0.795. The van der Waals surface area contributed by atoms with E-state index in [1.807, 2.05) is 17.2 Å². The number of aryl methyl sites for hydroxylation is 1. The van der Waals surface area contributed by atoms with Crippen LogP contribution < -0.4 is 9.46 Å². The molecular formula is C19H26N4O4S. The van der Waals surface area contributed by atoms with Gasteiger partial charge in [0, 0.05) is 45.0 Å². The average molecular weight is 407 g/mol. The van der Waals surface area contributed by atoms with Gasteiger partial charge in [-0.1, -0.05) is 0 Å². The Morgan fingerprint density at radius 2 is 2.11 bits per heavy atom. The molecule has 0 bridgehead atoms. The molecule has 1 unspecified atom stereocenters. The fraction of sp³-hybridized carbons (Fsp3) is 0.474. The summed E-state index contributed by atoms with van der Waals surface area (Å²) in [6, 6.07) is 8.11. The van der Waals surface area contributed by atoms with Crippen molar-refractivity contribution in [3.8, 4) is 5.75 Å². The predicted octanol–water partition coefficient (Wildman–Crippen LogP) is 1.50. The first kappa shape index (κ1) is 20.3. The van der Waals surface area contributed by atoms with Crippen LogP contribution in [0.15, 0.2) is 47.6 Å². The molecule has 28 heavy (non-hydrogen) atoms. The maximum atomic E-state index is 12.5. The minimum Gasteiger partial charge on any atom is -0.497 e. The van der Waals surface area contributed by atoms with E-state index in [0.717, 1.165) is 19.4 Å². The number of likely N-dealkylation sites (tertiary alicyclic amines) is 1. The summed E-state index contributed by atoms with van der Waals surface area (Å²) in [5, 5.41) is 4.11. The van der Waals surface area contributed by atoms with Gasteiger partial charge in [-0.2, -0.15) is 5.10 Å². The highest BCUT2D eigenvalue weighted by Gasteiger charge is 2.25. The molecule has 1 atom stereocenters. The quantitative estimate of drug-likeness (QED) is 0.717. The highest BCUT2D eigenvalue weighted by Crippen LogP contribution is 2.19. The smallest absolute Gasteiger partial charge is 0.240 e. The van der Waals surface area contributed by atoms with Crippen LogP contribution in [0.3, 0.4) is 0 Å². The van der Waals surface area contributed by atoms with Crippen molar-refractivity contribution >= 4 is 15.9 Å². The standard InChI is InChI=1S/C19H26N4O4S/c1-27-17-5-7-18(8-6-17)28(25,26)21-14-16-4-2-11-22(15-16)19(24)9-13-23-12-3-10-20-23/h3,5-8,10,12,16,21H,2,4,9,11,13-15H2,1H3. The van der Waals surface area contributed by atoms with Crippen LogP contribution in [0.25, 0.3) is 0 Å². The van der Waals surface area contributed by atoms with Gasteiger partial charge in [-0.3, -0.25) is 9.48 Å². The van der Waals surface area contributed by atoms with E-state index in [-0.39, 0.29) is 16.7 Å². The molecular weight excluding hydrogens is 380 g/mol. The fourth-order valence-electron chi connectivity index (χ4n) is 3.32. The predicted molar refractivity (Wildman–Crippen MR) is 104 cm³/mol. The Labute approximate surface area is 165 Å². The van der Waals surface area contributed by atoms with Crippen molar-refractivity contribution in [1.29, 1.82) is 0 Å². The van der Waals surface area contributed by atoms with E-state index in [4.69, 9.17) is 4.74 Å². The third kappa shape index (κ3) is 5.32. The third-order valence-electron chi connectivity index (χ3n) is 4.92. The molecule has 3 rings (SSSR count). The van der Waals surface area contributed by atoms with Crippen molar-refractivity contribution in [1.82, 2.24) is 19.4 Å². The molecule has 2 aromatic rings. The van der Waals surface area contributed by atoms with Gasteiger partial charge in [-0.05, 0) is 49.1 Å². The number of sulfonamides is 1. The number of amides is 1. The highest BCUT2D eigenvalue weighted by molar-refractivity contribution is 7.89. The number of methoxy groups -OCH3 is 1. The second-order valence-corrected chi connectivity index (χ2v) is 8.66. The normalized spacial score (nSPS) is 17.5. The van der Waals surface area contributed by atoms with Gasteiger partial charge in [0.15, 0.2) is 0 Å². The number of piperidine rings is 1. The van der Waals surface area contributed by atoms with Gasteiger partial charge in [-0.25, -0.2) is 13.1 Å². The molecule has 1 aromatic heterocycles. The Morgan fingerprint density at radius 3 is 2.79 bits per heavy atom. The van der Waals surface area contributed by atoms with E-state index in [1.54, 1.807) is 23.0 Å². The number of carbonyl (C=O) groups excluding carboxylic acids is 1. The summed E-state index contributed by atoms with van der Waals surface area (Å²) < 4.78 is 34.4. The van der Waals surface area contributed by atoms with E-state index >= 15 is 0 Å². The monoisotopic (exact) mass is 406 g/mol. The van der Waals surface area contributed by atoms with Crippen molar-refractivity contribution in [3.63, 3.8) is 0 Å². The zero-order chi connectivity index (χ0) is 20.0. The van der Waals surface area contributed by atoms with Crippen LogP contribution in [0.4, 0.5) is 0 Å². The molecule has 0 aliphatic carbocycles. The summed E-state index contributed by atoms with van der Waals surface area (Å²) in [5.41, 5.74) is 0. The number of nitrogens with one attached hydrogen (secondary N) is 1. The first-order chi connectivity index (χ1) is 13.5. The zero-order valence-corrected chi connectivity index (χ0v) is 16.8. The van der Waals surface area contributed by atoms with Gasteiger partial charge in [0.1, 0.15) is 5.75 Å². The van der Waals surface area contributed by atoms with Crippen molar-refractivity contribution in [2.75, 3.05) is 26.7 Å². The Bertz CT molecular complexity index is 866. The average Bonchev–Trinajstić information content (AvgIpc) is 3.24. The highest BCUT2D eigenvalue weighted by atomic mass is 32.2. The van der Waals surface area contributed by atoms with Crippen LogP contribution in [0.1, 0.15) is 19.3 Å². The van der Waals surface area contributed by atoms with Crippen LogP contribution in [0.2, 0.25) is 0 Å². The van der Waals surface area contributed by atoms with Crippen molar-refractivity contribution < 1.29 is 17.9 Å². The largest absolute Gasteiger partial charge is 0.497 e. The third-order valence-corrected chi connectivity index (χ3v) is 6.36. The lowest BCUT2D eigenvalue weighted by molar-refractivity contribution is -0.133. The molecule has 0 radical (unpaired) electrons. The summed E-state index contributed by atoms with van der Waals surface area (Å²) in [7, 11) is -2.05. The number of benzene rings is 1. The number of hydrogen-bond donors (Lipinski definition) is 1. The van der Waals surface area contributed by atoms with Gasteiger partial charge in [0.25, 0.3) is 0 Å². The van der Waals surface area contributed by atoms with Crippen LogP contribution in [0.5, 0.6) is 5.75 Å². The summed E-state index contributed by atoms with van der Waals surface area (Å²) in [6.07, 6.45) is 5.69. The van der Waals surface area contributed by atoms with Crippen molar-refractivity contribution in [2.24, 2.45) is 5.92 Å². The topological polar surface area (TPSA) is 93.5 Å². The van der Waals surface area contributed by atoms with Gasteiger partial charge in [0.05, 0.1) is 12.0 Å². The van der Waals surface area contributed by atoms with E-state index in [9.17, 15) is 13.2 Å². The molecule has 0 spiro atoms. The first-order valence-corrected chi connectivity index (χ1v) is 10.8. The summed E-state index contributed by atoms with van der Waals surface area (Å²) in [4.78, 5) is 14.5. The summed E-state index contributed by atoms with van der Waals surface area (Å²) >= 11 is 0. The number of nitrogens with zero attached hydrogens (tertiary/aromatic N) is 3. The van der Waals surface area contributed by atoms with Crippen LogP contribution in [-0.4, -0.2) is 55.7 Å². The van der Waals surface area contributed by atoms with Crippen molar-refractivity contribution in [2.45, 2.75) is 30.7 Å². The lowest BCUT2D eigenvalue weighted by Crippen LogP contribution is -2.43. The molecule has 1 aliphatic rings. The Hall–Kier alpha value is -2.39. The molecule has 1 aliphatic heterocycles. The van der Waals surface area contributed by atoms with E-state index in [0.29, 0.717) is 31.8 Å². The van der Waals surface area contributed by atoms with Crippen LogP contribution in [0, 0.1) is 5.92 Å². The zero-order valence-electron chi connectivity index (χ0n) is 16.0. The second-order valence-electron chi connectivity index (χ2n) is 6.89. The van der Waals surface area contributed by atoms with Gasteiger partial charge >= 0.3 is 0 Å². The SMILES string of the molecule is COc1ccc(S(=O)(=O)NCC2CCCN(C(=O)CCn3cccn3)C2)cc1. The molecule has 1 amide bonds. The number of carbonyl (C=O) groups is 1.